The van der Waals surface area contributed by atoms with E-state index >= 15 is 0 Å². The summed E-state index contributed by atoms with van der Waals surface area (Å²) in [6, 6.07) is 11.1. The quantitative estimate of drug-likeness (QED) is 0.873. The summed E-state index contributed by atoms with van der Waals surface area (Å²) in [5.74, 6) is 0. The Morgan fingerprint density at radius 1 is 1.21 bits per heavy atom. The molecule has 2 nitrogen and oxygen atoms in total. The van der Waals surface area contributed by atoms with Gasteiger partial charge in [0, 0.05) is 24.2 Å². The SMILES string of the molecule is CC(C)(C)CC(NCc1nccs1)c1ccccc1. The molecule has 1 aromatic carbocycles. The van der Waals surface area contributed by atoms with Crippen molar-refractivity contribution < 1.29 is 0 Å². The van der Waals surface area contributed by atoms with Crippen molar-refractivity contribution in [2.45, 2.75) is 39.8 Å². The van der Waals surface area contributed by atoms with Crippen molar-refractivity contribution in [2.75, 3.05) is 0 Å². The van der Waals surface area contributed by atoms with Crippen molar-refractivity contribution >= 4 is 11.3 Å². The van der Waals surface area contributed by atoms with Crippen molar-refractivity contribution in [3.63, 3.8) is 0 Å². The highest BCUT2D eigenvalue weighted by molar-refractivity contribution is 7.09. The largest absolute Gasteiger partial charge is 0.304 e. The zero-order chi connectivity index (χ0) is 13.7. The minimum atomic E-state index is 0.302. The molecule has 0 amide bonds. The number of aromatic nitrogens is 1. The van der Waals surface area contributed by atoms with Crippen LogP contribution in [0, 0.1) is 5.41 Å². The predicted molar refractivity (Wildman–Crippen MR) is 82.2 cm³/mol. The lowest BCUT2D eigenvalue weighted by atomic mass is 9.85. The normalized spacial score (nSPS) is 13.4. The van der Waals surface area contributed by atoms with Crippen molar-refractivity contribution in [3.8, 4) is 0 Å². The van der Waals surface area contributed by atoms with Crippen molar-refractivity contribution in [1.29, 1.82) is 0 Å². The zero-order valence-corrected chi connectivity index (χ0v) is 12.7. The molecule has 0 aliphatic carbocycles. The molecule has 1 unspecified atom stereocenters. The Kier molecular flexibility index (Phi) is 4.72. The van der Waals surface area contributed by atoms with E-state index in [1.807, 2.05) is 11.6 Å². The molecule has 19 heavy (non-hydrogen) atoms. The second-order valence-electron chi connectivity index (χ2n) is 6.03. The Bertz CT molecular complexity index is 471. The van der Waals surface area contributed by atoms with Gasteiger partial charge in [-0.25, -0.2) is 4.98 Å². The van der Waals surface area contributed by atoms with Crippen LogP contribution in [0.5, 0.6) is 0 Å². The van der Waals surface area contributed by atoms with Crippen LogP contribution in [0.4, 0.5) is 0 Å². The van der Waals surface area contributed by atoms with Gasteiger partial charge in [0.25, 0.3) is 0 Å². The minimum Gasteiger partial charge on any atom is -0.304 e. The van der Waals surface area contributed by atoms with Crippen LogP contribution < -0.4 is 5.32 Å². The molecule has 3 heteroatoms. The van der Waals surface area contributed by atoms with Crippen molar-refractivity contribution in [3.05, 3.63) is 52.5 Å². The smallest absolute Gasteiger partial charge is 0.106 e. The third kappa shape index (κ3) is 4.77. The summed E-state index contributed by atoms with van der Waals surface area (Å²) >= 11 is 1.70. The molecule has 2 rings (SSSR count). The Morgan fingerprint density at radius 3 is 2.53 bits per heavy atom. The van der Waals surface area contributed by atoms with Crippen LogP contribution in [0.25, 0.3) is 0 Å². The molecule has 0 aliphatic heterocycles. The van der Waals surface area contributed by atoms with Crippen LogP contribution in [-0.2, 0) is 6.54 Å². The van der Waals surface area contributed by atoms with Gasteiger partial charge in [-0.05, 0) is 17.4 Å². The topological polar surface area (TPSA) is 24.9 Å². The average Bonchev–Trinajstić information content (AvgIpc) is 2.87. The van der Waals surface area contributed by atoms with Gasteiger partial charge in [0.05, 0.1) is 0 Å². The lowest BCUT2D eigenvalue weighted by Crippen LogP contribution is -2.25. The van der Waals surface area contributed by atoms with E-state index in [9.17, 15) is 0 Å². The van der Waals surface area contributed by atoms with Crippen LogP contribution in [-0.4, -0.2) is 4.98 Å². The first kappa shape index (κ1) is 14.2. The molecular formula is C16H22N2S. The zero-order valence-electron chi connectivity index (χ0n) is 11.9. The standard InChI is InChI=1S/C16H22N2S/c1-16(2,3)11-14(13-7-5-4-6-8-13)18-12-15-17-9-10-19-15/h4-10,14,18H,11-12H2,1-3H3. The molecule has 102 valence electrons. The molecule has 1 heterocycles. The van der Waals surface area contributed by atoms with Gasteiger partial charge < -0.3 is 5.32 Å². The monoisotopic (exact) mass is 274 g/mol. The Morgan fingerprint density at radius 2 is 1.95 bits per heavy atom. The van der Waals surface area contributed by atoms with Gasteiger partial charge in [0.15, 0.2) is 0 Å². The van der Waals surface area contributed by atoms with E-state index in [4.69, 9.17) is 0 Å². The van der Waals surface area contributed by atoms with Gasteiger partial charge in [0.2, 0.25) is 0 Å². The van der Waals surface area contributed by atoms with Crippen LogP contribution in [0.1, 0.15) is 43.8 Å². The third-order valence-electron chi connectivity index (χ3n) is 3.00. The highest BCUT2D eigenvalue weighted by Gasteiger charge is 2.19. The number of hydrogen-bond donors (Lipinski definition) is 1. The molecule has 0 fully saturated rings. The summed E-state index contributed by atoms with van der Waals surface area (Å²) in [5.41, 5.74) is 1.66. The fourth-order valence-corrected chi connectivity index (χ4v) is 2.72. The molecule has 0 saturated carbocycles. The van der Waals surface area contributed by atoms with Crippen molar-refractivity contribution in [2.24, 2.45) is 5.41 Å². The Hall–Kier alpha value is -1.19. The molecule has 0 saturated heterocycles. The fourth-order valence-electron chi connectivity index (χ4n) is 2.16. The minimum absolute atomic E-state index is 0.302. The second kappa shape index (κ2) is 6.31. The highest BCUT2D eigenvalue weighted by Crippen LogP contribution is 2.29. The lowest BCUT2D eigenvalue weighted by Gasteiger charge is -2.27. The van der Waals surface area contributed by atoms with Gasteiger partial charge in [-0.2, -0.15) is 0 Å². The van der Waals surface area contributed by atoms with Gasteiger partial charge in [-0.1, -0.05) is 51.1 Å². The number of rotatable bonds is 5. The summed E-state index contributed by atoms with van der Waals surface area (Å²) in [7, 11) is 0. The van der Waals surface area contributed by atoms with E-state index < -0.39 is 0 Å². The molecule has 0 spiro atoms. The molecule has 0 aliphatic rings. The maximum Gasteiger partial charge on any atom is 0.106 e. The van der Waals surface area contributed by atoms with Gasteiger partial charge in [-0.3, -0.25) is 0 Å². The lowest BCUT2D eigenvalue weighted by molar-refractivity contribution is 0.310. The first-order valence-electron chi connectivity index (χ1n) is 6.71. The molecule has 1 aromatic heterocycles. The van der Waals surface area contributed by atoms with E-state index in [-0.39, 0.29) is 0 Å². The van der Waals surface area contributed by atoms with Gasteiger partial charge in [-0.15, -0.1) is 11.3 Å². The summed E-state index contributed by atoms with van der Waals surface area (Å²) < 4.78 is 0. The second-order valence-corrected chi connectivity index (χ2v) is 7.01. The molecule has 0 bridgehead atoms. The maximum absolute atomic E-state index is 4.33. The first-order valence-corrected chi connectivity index (χ1v) is 7.59. The van der Waals surface area contributed by atoms with Crippen LogP contribution >= 0.6 is 11.3 Å². The van der Waals surface area contributed by atoms with E-state index in [1.165, 1.54) is 5.56 Å². The molecular weight excluding hydrogens is 252 g/mol. The van der Waals surface area contributed by atoms with Crippen molar-refractivity contribution in [1.82, 2.24) is 10.3 Å². The number of benzene rings is 1. The van der Waals surface area contributed by atoms with Crippen LogP contribution in [0.2, 0.25) is 0 Å². The maximum atomic E-state index is 4.33. The molecule has 2 aromatic rings. The van der Waals surface area contributed by atoms with E-state index in [0.29, 0.717) is 11.5 Å². The Balaban J connectivity index is 2.06. The predicted octanol–water partition coefficient (Wildman–Crippen LogP) is 4.41. The van der Waals surface area contributed by atoms with Gasteiger partial charge >= 0.3 is 0 Å². The first-order chi connectivity index (χ1) is 9.04. The summed E-state index contributed by atoms with van der Waals surface area (Å²) in [6.07, 6.45) is 2.98. The fraction of sp³-hybridized carbons (Fsp3) is 0.438. The van der Waals surface area contributed by atoms with E-state index in [1.54, 1.807) is 11.3 Å². The van der Waals surface area contributed by atoms with E-state index in [2.05, 4.69) is 61.4 Å². The average molecular weight is 274 g/mol. The van der Waals surface area contributed by atoms with Crippen LogP contribution in [0.3, 0.4) is 0 Å². The summed E-state index contributed by atoms with van der Waals surface area (Å²) in [5, 5.41) is 6.82. The van der Waals surface area contributed by atoms with E-state index in [0.717, 1.165) is 18.0 Å². The van der Waals surface area contributed by atoms with Gasteiger partial charge in [0.1, 0.15) is 5.01 Å². The summed E-state index contributed by atoms with van der Waals surface area (Å²) in [4.78, 5) is 4.33. The highest BCUT2D eigenvalue weighted by atomic mass is 32.1. The summed E-state index contributed by atoms with van der Waals surface area (Å²) in [6.45, 7) is 7.70. The third-order valence-corrected chi connectivity index (χ3v) is 3.78. The number of nitrogens with zero attached hydrogens (tertiary/aromatic N) is 1. The number of hydrogen-bond acceptors (Lipinski definition) is 3. The molecule has 0 radical (unpaired) electrons. The molecule has 1 atom stereocenters. The number of thiazole rings is 1. The Labute approximate surface area is 119 Å². The number of nitrogens with one attached hydrogen (secondary N) is 1. The molecule has 1 N–H and O–H groups in total. The van der Waals surface area contributed by atoms with Crippen LogP contribution in [0.15, 0.2) is 41.9 Å².